The second-order valence-electron chi connectivity index (χ2n) is 3.73. The van der Waals surface area contributed by atoms with E-state index in [4.69, 9.17) is 14.2 Å². The molecule has 0 bridgehead atoms. The number of benzene rings is 1. The predicted octanol–water partition coefficient (Wildman–Crippen LogP) is 3.18. The lowest BCUT2D eigenvalue weighted by molar-refractivity contribution is -0.385. The Balaban J connectivity index is 3.06. The van der Waals surface area contributed by atoms with Crippen LogP contribution in [0.15, 0.2) is 30.5 Å². The summed E-state index contributed by atoms with van der Waals surface area (Å²) in [5.74, 6) is 0.734. The van der Waals surface area contributed by atoms with Gasteiger partial charge in [-0.3, -0.25) is 10.1 Å². The maximum atomic E-state index is 11.0. The minimum absolute atomic E-state index is 0.0754. The standard InChI is InChI=1S/C14H17NO5/c1-4-5-7-20-8-6-11-9-13(18-2)14(19-3)10-12(11)15(16)17/h4-6,8-10H,7H2,1-3H3/b5-4+,8-6+. The Bertz CT molecular complexity index is 523. The Morgan fingerprint density at radius 1 is 1.25 bits per heavy atom. The molecule has 0 atom stereocenters. The van der Waals surface area contributed by atoms with Crippen molar-refractivity contribution >= 4 is 11.8 Å². The van der Waals surface area contributed by atoms with Crippen molar-refractivity contribution in [2.45, 2.75) is 6.92 Å². The molecule has 1 aromatic rings. The zero-order valence-corrected chi connectivity index (χ0v) is 11.7. The summed E-state index contributed by atoms with van der Waals surface area (Å²) in [6.07, 6.45) is 6.61. The zero-order valence-electron chi connectivity index (χ0n) is 11.7. The van der Waals surface area contributed by atoms with Crippen LogP contribution in [0.2, 0.25) is 0 Å². The molecule has 0 aliphatic carbocycles. The number of methoxy groups -OCH3 is 2. The molecule has 0 radical (unpaired) electrons. The maximum absolute atomic E-state index is 11.0. The number of nitro benzene ring substituents is 1. The molecule has 0 spiro atoms. The summed E-state index contributed by atoms with van der Waals surface area (Å²) in [4.78, 5) is 10.6. The van der Waals surface area contributed by atoms with Crippen LogP contribution < -0.4 is 9.47 Å². The SMILES string of the molecule is C/C=C/CO/C=C/c1cc(OC)c(OC)cc1[N+](=O)[O-]. The third kappa shape index (κ3) is 4.01. The Kier molecular flexibility index (Phi) is 6.09. The number of allylic oxidation sites excluding steroid dienone is 1. The molecule has 0 aliphatic rings. The second-order valence-corrected chi connectivity index (χ2v) is 3.73. The first kappa shape index (κ1) is 15.6. The molecule has 1 aromatic carbocycles. The van der Waals surface area contributed by atoms with Gasteiger partial charge in [0.05, 0.1) is 37.0 Å². The summed E-state index contributed by atoms with van der Waals surface area (Å²) < 4.78 is 15.3. The molecule has 0 saturated carbocycles. The molecule has 1 rings (SSSR count). The van der Waals surface area contributed by atoms with Crippen LogP contribution in [0.5, 0.6) is 11.5 Å². The Morgan fingerprint density at radius 3 is 2.45 bits per heavy atom. The van der Waals surface area contributed by atoms with E-state index >= 15 is 0 Å². The van der Waals surface area contributed by atoms with Crippen LogP contribution in [-0.2, 0) is 4.74 Å². The van der Waals surface area contributed by atoms with Crippen LogP contribution >= 0.6 is 0 Å². The van der Waals surface area contributed by atoms with Crippen molar-refractivity contribution in [1.29, 1.82) is 0 Å². The summed E-state index contributed by atoms with van der Waals surface area (Å²) in [6, 6.07) is 2.86. The third-order valence-corrected chi connectivity index (χ3v) is 2.50. The molecule has 0 aromatic heterocycles. The van der Waals surface area contributed by atoms with E-state index in [-0.39, 0.29) is 5.69 Å². The molecule has 0 heterocycles. The van der Waals surface area contributed by atoms with Crippen LogP contribution in [0.4, 0.5) is 5.69 Å². The minimum Gasteiger partial charge on any atom is -0.497 e. The highest BCUT2D eigenvalue weighted by molar-refractivity contribution is 5.66. The Morgan fingerprint density at radius 2 is 1.90 bits per heavy atom. The second kappa shape index (κ2) is 7.83. The summed E-state index contributed by atoms with van der Waals surface area (Å²) >= 11 is 0. The molecular weight excluding hydrogens is 262 g/mol. The van der Waals surface area contributed by atoms with Crippen molar-refractivity contribution in [3.63, 3.8) is 0 Å². The molecule has 0 fully saturated rings. The van der Waals surface area contributed by atoms with Gasteiger partial charge in [-0.05, 0) is 19.1 Å². The van der Waals surface area contributed by atoms with Gasteiger partial charge in [-0.2, -0.15) is 0 Å². The lowest BCUT2D eigenvalue weighted by atomic mass is 10.1. The minimum atomic E-state index is -0.479. The highest BCUT2D eigenvalue weighted by Crippen LogP contribution is 2.35. The Hall–Kier alpha value is -2.50. The van der Waals surface area contributed by atoms with E-state index in [0.29, 0.717) is 23.7 Å². The number of nitrogens with zero attached hydrogens (tertiary/aromatic N) is 1. The summed E-state index contributed by atoms with van der Waals surface area (Å²) in [7, 11) is 2.90. The van der Waals surface area contributed by atoms with Gasteiger partial charge in [0.15, 0.2) is 11.5 Å². The first-order valence-electron chi connectivity index (χ1n) is 5.93. The molecule has 108 valence electrons. The van der Waals surface area contributed by atoms with E-state index < -0.39 is 4.92 Å². The van der Waals surface area contributed by atoms with E-state index in [9.17, 15) is 10.1 Å². The lowest BCUT2D eigenvalue weighted by Gasteiger charge is -2.08. The third-order valence-electron chi connectivity index (χ3n) is 2.50. The van der Waals surface area contributed by atoms with Crippen molar-refractivity contribution in [3.05, 3.63) is 46.2 Å². The van der Waals surface area contributed by atoms with Crippen LogP contribution in [-0.4, -0.2) is 25.7 Å². The number of hydrogen-bond acceptors (Lipinski definition) is 5. The fraction of sp³-hybridized carbons (Fsp3) is 0.286. The fourth-order valence-corrected chi connectivity index (χ4v) is 1.50. The molecule has 0 unspecified atom stereocenters. The van der Waals surface area contributed by atoms with Crippen molar-refractivity contribution < 1.29 is 19.1 Å². The van der Waals surface area contributed by atoms with Crippen molar-refractivity contribution in [3.8, 4) is 11.5 Å². The van der Waals surface area contributed by atoms with Gasteiger partial charge in [0.2, 0.25) is 0 Å². The maximum Gasteiger partial charge on any atom is 0.280 e. The van der Waals surface area contributed by atoms with Crippen LogP contribution in [0.1, 0.15) is 12.5 Å². The van der Waals surface area contributed by atoms with Crippen LogP contribution in [0, 0.1) is 10.1 Å². The van der Waals surface area contributed by atoms with Gasteiger partial charge in [-0.15, -0.1) is 0 Å². The largest absolute Gasteiger partial charge is 0.497 e. The molecular formula is C14H17NO5. The first-order valence-corrected chi connectivity index (χ1v) is 5.93. The van der Waals surface area contributed by atoms with Crippen LogP contribution in [0.3, 0.4) is 0 Å². The number of hydrogen-bond donors (Lipinski definition) is 0. The summed E-state index contributed by atoms with van der Waals surface area (Å²) in [6.45, 7) is 2.29. The highest BCUT2D eigenvalue weighted by atomic mass is 16.6. The molecule has 6 heteroatoms. The monoisotopic (exact) mass is 279 g/mol. The van der Waals surface area contributed by atoms with Crippen molar-refractivity contribution in [2.75, 3.05) is 20.8 Å². The van der Waals surface area contributed by atoms with E-state index in [1.165, 1.54) is 38.7 Å². The number of ether oxygens (including phenoxy) is 3. The first-order chi connectivity index (χ1) is 9.63. The van der Waals surface area contributed by atoms with Gasteiger partial charge < -0.3 is 14.2 Å². The topological polar surface area (TPSA) is 70.8 Å². The van der Waals surface area contributed by atoms with E-state index in [0.717, 1.165) is 0 Å². The molecule has 6 nitrogen and oxygen atoms in total. The van der Waals surface area contributed by atoms with Gasteiger partial charge in [-0.25, -0.2) is 0 Å². The average Bonchev–Trinajstić information content (AvgIpc) is 2.46. The van der Waals surface area contributed by atoms with Crippen molar-refractivity contribution in [1.82, 2.24) is 0 Å². The molecule has 0 N–H and O–H groups in total. The quantitative estimate of drug-likeness (QED) is 0.252. The smallest absolute Gasteiger partial charge is 0.280 e. The molecule has 0 amide bonds. The molecule has 20 heavy (non-hydrogen) atoms. The number of rotatable bonds is 7. The molecule has 0 saturated heterocycles. The highest BCUT2D eigenvalue weighted by Gasteiger charge is 2.17. The lowest BCUT2D eigenvalue weighted by Crippen LogP contribution is -1.96. The van der Waals surface area contributed by atoms with Gasteiger partial charge in [0.1, 0.15) is 6.61 Å². The van der Waals surface area contributed by atoms with Gasteiger partial charge in [-0.1, -0.05) is 12.2 Å². The predicted molar refractivity (Wildman–Crippen MR) is 76.0 cm³/mol. The zero-order chi connectivity index (χ0) is 15.0. The average molecular weight is 279 g/mol. The van der Waals surface area contributed by atoms with Crippen molar-refractivity contribution in [2.24, 2.45) is 0 Å². The summed E-state index contributed by atoms with van der Waals surface area (Å²) in [5.41, 5.74) is 0.307. The summed E-state index contributed by atoms with van der Waals surface area (Å²) in [5, 5.41) is 11.0. The Labute approximate surface area is 117 Å². The van der Waals surface area contributed by atoms with Crippen LogP contribution in [0.25, 0.3) is 6.08 Å². The van der Waals surface area contributed by atoms with E-state index in [2.05, 4.69) is 0 Å². The molecule has 0 aliphatic heterocycles. The van der Waals surface area contributed by atoms with Gasteiger partial charge in [0, 0.05) is 0 Å². The fourth-order valence-electron chi connectivity index (χ4n) is 1.50. The van der Waals surface area contributed by atoms with Gasteiger partial charge >= 0.3 is 0 Å². The van der Waals surface area contributed by atoms with Gasteiger partial charge in [0.25, 0.3) is 5.69 Å². The number of nitro groups is 1. The van der Waals surface area contributed by atoms with E-state index in [1.807, 2.05) is 19.1 Å². The van der Waals surface area contributed by atoms with E-state index in [1.54, 1.807) is 0 Å². The normalized spacial score (nSPS) is 10.9.